The van der Waals surface area contributed by atoms with Gasteiger partial charge in [-0.05, 0) is 83.5 Å². The number of carbonyl (C=O) groups excluding carboxylic acids is 1. The SMILES string of the molecule is CC/C=C\C/C=C\C/C=C\C/C=C\CCCCCCC(=O)NC(COP(=O)([O-])OCC[N+](C)(C)C)C(O)/C=C/CC/C=C/CC/C=C/CCCCCCCCCCCCCCC. The summed E-state index contributed by atoms with van der Waals surface area (Å²) in [6, 6.07) is -0.928. The zero-order chi connectivity index (χ0) is 45.7. The molecule has 0 aliphatic carbocycles. The number of phosphoric acid groups is 1. The molecule has 0 fully saturated rings. The number of aliphatic hydroxyl groups is 1. The van der Waals surface area contributed by atoms with Gasteiger partial charge in [0.1, 0.15) is 13.2 Å². The number of carbonyl (C=O) groups is 1. The number of hydrogen-bond donors (Lipinski definition) is 2. The lowest BCUT2D eigenvalue weighted by Gasteiger charge is -2.29. The first-order valence-electron chi connectivity index (χ1n) is 24.9. The zero-order valence-electron chi connectivity index (χ0n) is 40.5. The van der Waals surface area contributed by atoms with Crippen molar-refractivity contribution >= 4 is 13.7 Å². The van der Waals surface area contributed by atoms with Crippen LogP contribution in [0.3, 0.4) is 0 Å². The Labute approximate surface area is 382 Å². The van der Waals surface area contributed by atoms with Crippen LogP contribution in [0.2, 0.25) is 0 Å². The molecule has 3 unspecified atom stereocenters. The highest BCUT2D eigenvalue weighted by atomic mass is 31.2. The lowest BCUT2D eigenvalue weighted by molar-refractivity contribution is -0.870. The summed E-state index contributed by atoms with van der Waals surface area (Å²) in [6.07, 6.45) is 60.8. The van der Waals surface area contributed by atoms with E-state index in [-0.39, 0.29) is 12.5 Å². The minimum absolute atomic E-state index is 0.0185. The van der Waals surface area contributed by atoms with Crippen molar-refractivity contribution in [2.45, 2.75) is 206 Å². The zero-order valence-corrected chi connectivity index (χ0v) is 41.4. The van der Waals surface area contributed by atoms with E-state index in [2.05, 4.69) is 92.1 Å². The maximum atomic E-state index is 12.9. The Kier molecular flexibility index (Phi) is 42.3. The topological polar surface area (TPSA) is 108 Å². The molecule has 9 heteroatoms. The molecule has 0 radical (unpaired) electrons. The molecule has 1 amide bonds. The van der Waals surface area contributed by atoms with E-state index >= 15 is 0 Å². The number of nitrogens with one attached hydrogen (secondary N) is 1. The molecule has 62 heavy (non-hydrogen) atoms. The van der Waals surface area contributed by atoms with E-state index in [9.17, 15) is 19.4 Å². The molecular weight excluding hydrogens is 792 g/mol. The van der Waals surface area contributed by atoms with Crippen molar-refractivity contribution in [3.8, 4) is 0 Å². The number of allylic oxidation sites excluding steroid dienone is 13. The van der Waals surface area contributed by atoms with Crippen molar-refractivity contribution in [2.24, 2.45) is 0 Å². The van der Waals surface area contributed by atoms with Crippen LogP contribution in [0, 0.1) is 0 Å². The highest BCUT2D eigenvalue weighted by Crippen LogP contribution is 2.38. The van der Waals surface area contributed by atoms with Crippen LogP contribution in [0.5, 0.6) is 0 Å². The summed E-state index contributed by atoms with van der Waals surface area (Å²) in [5.41, 5.74) is 0. The van der Waals surface area contributed by atoms with E-state index in [1.807, 2.05) is 27.2 Å². The van der Waals surface area contributed by atoms with E-state index in [0.717, 1.165) is 83.5 Å². The normalized spacial score (nSPS) is 14.9. The predicted octanol–water partition coefficient (Wildman–Crippen LogP) is 13.9. The second-order valence-electron chi connectivity index (χ2n) is 17.8. The first kappa shape index (κ1) is 59.7. The number of unbranched alkanes of at least 4 members (excludes halogenated alkanes) is 19. The van der Waals surface area contributed by atoms with Crippen molar-refractivity contribution in [1.82, 2.24) is 5.32 Å². The van der Waals surface area contributed by atoms with E-state index in [0.29, 0.717) is 17.4 Å². The van der Waals surface area contributed by atoms with Crippen LogP contribution < -0.4 is 10.2 Å². The first-order valence-corrected chi connectivity index (χ1v) is 26.4. The monoisotopic (exact) mass is 887 g/mol. The van der Waals surface area contributed by atoms with E-state index in [4.69, 9.17) is 9.05 Å². The van der Waals surface area contributed by atoms with Gasteiger partial charge < -0.3 is 28.8 Å². The molecule has 0 aromatic rings. The summed E-state index contributed by atoms with van der Waals surface area (Å²) in [4.78, 5) is 25.4. The summed E-state index contributed by atoms with van der Waals surface area (Å²) in [6.45, 7) is 4.47. The molecule has 2 N–H and O–H groups in total. The number of quaternary nitrogens is 1. The van der Waals surface area contributed by atoms with Crippen LogP contribution in [0.1, 0.15) is 194 Å². The maximum absolute atomic E-state index is 12.9. The fraction of sp³-hybridized carbons (Fsp3) is 0.717. The third-order valence-electron chi connectivity index (χ3n) is 10.6. The molecule has 0 saturated carbocycles. The highest BCUT2D eigenvalue weighted by molar-refractivity contribution is 7.45. The average Bonchev–Trinajstić information content (AvgIpc) is 3.23. The van der Waals surface area contributed by atoms with Gasteiger partial charge in [0.15, 0.2) is 0 Å². The lowest BCUT2D eigenvalue weighted by Crippen LogP contribution is -2.45. The number of nitrogens with zero attached hydrogens (tertiary/aromatic N) is 1. The first-order chi connectivity index (χ1) is 30.0. The van der Waals surface area contributed by atoms with Gasteiger partial charge in [0.25, 0.3) is 7.82 Å². The summed E-state index contributed by atoms with van der Waals surface area (Å²) < 4.78 is 23.2. The Balaban J connectivity index is 4.46. The number of likely N-dealkylation sites (N-methyl/N-ethyl adjacent to an activating group) is 1. The van der Waals surface area contributed by atoms with Crippen molar-refractivity contribution < 1.29 is 32.9 Å². The Bertz CT molecular complexity index is 1280. The van der Waals surface area contributed by atoms with E-state index < -0.39 is 26.6 Å². The predicted molar refractivity (Wildman–Crippen MR) is 265 cm³/mol. The summed E-state index contributed by atoms with van der Waals surface area (Å²) in [5, 5.41) is 13.8. The second kappa shape index (κ2) is 43.9. The van der Waals surface area contributed by atoms with Crippen molar-refractivity contribution in [3.05, 3.63) is 85.1 Å². The number of aliphatic hydroxyl groups excluding tert-OH is 1. The highest BCUT2D eigenvalue weighted by Gasteiger charge is 2.23. The van der Waals surface area contributed by atoms with Crippen LogP contribution in [0.25, 0.3) is 0 Å². The van der Waals surface area contributed by atoms with Gasteiger partial charge in [0.05, 0.1) is 39.9 Å². The van der Waals surface area contributed by atoms with Gasteiger partial charge in [0.2, 0.25) is 5.91 Å². The number of hydrogen-bond acceptors (Lipinski definition) is 6. The van der Waals surface area contributed by atoms with Crippen LogP contribution in [-0.2, 0) is 18.4 Å². The van der Waals surface area contributed by atoms with Gasteiger partial charge in [0, 0.05) is 6.42 Å². The molecule has 0 aromatic heterocycles. The Morgan fingerprint density at radius 3 is 1.50 bits per heavy atom. The molecule has 0 aromatic carbocycles. The molecular formula is C53H95N2O6P. The van der Waals surface area contributed by atoms with Crippen LogP contribution in [0.15, 0.2) is 85.1 Å². The van der Waals surface area contributed by atoms with Gasteiger partial charge in [-0.3, -0.25) is 9.36 Å². The molecule has 3 atom stereocenters. The number of amides is 1. The molecule has 0 aliphatic rings. The minimum Gasteiger partial charge on any atom is -0.756 e. The largest absolute Gasteiger partial charge is 0.756 e. The smallest absolute Gasteiger partial charge is 0.268 e. The van der Waals surface area contributed by atoms with Crippen LogP contribution in [0.4, 0.5) is 0 Å². The quantitative estimate of drug-likeness (QED) is 0.0273. The van der Waals surface area contributed by atoms with E-state index in [1.54, 1.807) is 6.08 Å². The summed E-state index contributed by atoms with van der Waals surface area (Å²) >= 11 is 0. The molecule has 8 nitrogen and oxygen atoms in total. The minimum atomic E-state index is -4.62. The van der Waals surface area contributed by atoms with Gasteiger partial charge in [-0.25, -0.2) is 0 Å². The fourth-order valence-electron chi connectivity index (χ4n) is 6.64. The van der Waals surface area contributed by atoms with Crippen LogP contribution in [-0.4, -0.2) is 68.5 Å². The molecule has 0 aliphatic heterocycles. The van der Waals surface area contributed by atoms with Crippen LogP contribution >= 0.6 is 7.82 Å². The van der Waals surface area contributed by atoms with Crippen molar-refractivity contribution in [1.29, 1.82) is 0 Å². The van der Waals surface area contributed by atoms with E-state index in [1.165, 1.54) is 89.9 Å². The van der Waals surface area contributed by atoms with Crippen molar-refractivity contribution in [3.63, 3.8) is 0 Å². The molecule has 0 rings (SSSR count). The average molecular weight is 887 g/mol. The lowest BCUT2D eigenvalue weighted by atomic mass is 10.0. The maximum Gasteiger partial charge on any atom is 0.268 e. The standard InChI is InChI=1S/C53H95N2O6P/c1-6-8-10-12-14-16-18-20-22-24-25-26-27-28-29-31-32-34-36-38-40-42-44-46-52(56)51(50-61-62(58,59)60-49-48-55(3,4)5)54-53(57)47-45-43-41-39-37-35-33-30-23-21-19-17-15-13-11-9-7-2/h9,11,15,17,21,23,29,31,33,35-36,38,44,46,51-52,56H,6-8,10,12-14,16,18-20,22,24-28,30,32,34,37,39-43,45,47-50H2,1-5H3,(H-,54,57,58,59)/b11-9-,17-15-,23-21-,31-29+,35-33-,38-36+,46-44+. The second-order valence-corrected chi connectivity index (χ2v) is 19.2. The van der Waals surface area contributed by atoms with Gasteiger partial charge in [-0.15, -0.1) is 0 Å². The molecule has 0 saturated heterocycles. The molecule has 0 spiro atoms. The Morgan fingerprint density at radius 1 is 0.581 bits per heavy atom. The molecule has 0 bridgehead atoms. The van der Waals surface area contributed by atoms with Gasteiger partial charge in [-0.2, -0.15) is 0 Å². The fourth-order valence-corrected chi connectivity index (χ4v) is 7.37. The number of rotatable bonds is 44. The van der Waals surface area contributed by atoms with Gasteiger partial charge in [-0.1, -0.05) is 189 Å². The van der Waals surface area contributed by atoms with Crippen molar-refractivity contribution in [2.75, 3.05) is 40.9 Å². The summed E-state index contributed by atoms with van der Waals surface area (Å²) in [7, 11) is 1.20. The third-order valence-corrected chi connectivity index (χ3v) is 11.5. The molecule has 0 heterocycles. The Morgan fingerprint density at radius 2 is 1.00 bits per heavy atom. The van der Waals surface area contributed by atoms with Gasteiger partial charge >= 0.3 is 0 Å². The molecule has 358 valence electrons. The number of phosphoric ester groups is 1. The summed E-state index contributed by atoms with van der Waals surface area (Å²) in [5.74, 6) is -0.238. The third kappa shape index (κ3) is 45.7. The Hall–Kier alpha value is -2.32.